The second-order valence-electron chi connectivity index (χ2n) is 7.98. The minimum absolute atomic E-state index is 0.475. The van der Waals surface area contributed by atoms with E-state index in [9.17, 15) is 22.8 Å². The van der Waals surface area contributed by atoms with Crippen molar-refractivity contribution in [3.63, 3.8) is 0 Å². The van der Waals surface area contributed by atoms with Crippen LogP contribution in [0.15, 0.2) is 12.2 Å². The van der Waals surface area contributed by atoms with Gasteiger partial charge < -0.3 is 10.2 Å². The van der Waals surface area contributed by atoms with Crippen molar-refractivity contribution in [3.8, 4) is 0 Å². The third kappa shape index (κ3) is 25.5. The quantitative estimate of drug-likeness (QED) is 0.104. The van der Waals surface area contributed by atoms with Crippen LogP contribution in [0.5, 0.6) is 0 Å². The maximum atomic E-state index is 10.8. The first-order valence-corrected chi connectivity index (χ1v) is 14.1. The normalized spacial score (nSPS) is 12.2. The molecule has 0 heterocycles. The Bertz CT molecular complexity index is 646. The summed E-state index contributed by atoms with van der Waals surface area (Å²) in [4.78, 5) is 30.8. The van der Waals surface area contributed by atoms with E-state index in [1.807, 2.05) is 0 Å². The molecular formula is C22H39NaO8S. The van der Waals surface area contributed by atoms with Crippen molar-refractivity contribution in [3.05, 3.63) is 12.2 Å². The number of hydrogen-bond donors (Lipinski definition) is 3. The van der Waals surface area contributed by atoms with E-state index in [1.54, 1.807) is 0 Å². The molecule has 1 unspecified atom stereocenters. The molecule has 0 rings (SSSR count). The molecule has 0 aromatic rings. The van der Waals surface area contributed by atoms with Gasteiger partial charge in [-0.2, -0.15) is 8.42 Å². The van der Waals surface area contributed by atoms with Crippen LogP contribution >= 0.6 is 0 Å². The molecule has 8 nitrogen and oxygen atoms in total. The fraction of sp³-hybridized carbons (Fsp3) is 0.773. The van der Waals surface area contributed by atoms with Gasteiger partial charge in [-0.1, -0.05) is 39.0 Å². The van der Waals surface area contributed by atoms with Crippen LogP contribution in [-0.4, -0.2) is 71.3 Å². The smallest absolute Gasteiger partial charge is 0.325 e. The van der Waals surface area contributed by atoms with E-state index in [2.05, 4.69) is 19.1 Å². The van der Waals surface area contributed by atoms with E-state index in [0.29, 0.717) is 3.03 Å². The molecule has 0 radical (unpaired) electrons. The Morgan fingerprint density at radius 1 is 0.812 bits per heavy atom. The Kier molecular flexibility index (Phi) is 23.1. The molecule has 0 aromatic heterocycles. The Morgan fingerprint density at radius 3 is 1.59 bits per heavy atom. The van der Waals surface area contributed by atoms with Crippen molar-refractivity contribution in [2.75, 3.05) is 0 Å². The number of allylic oxidation sites excluding steroid dienone is 2. The van der Waals surface area contributed by atoms with Crippen molar-refractivity contribution in [1.82, 2.24) is 0 Å². The third-order valence-corrected chi connectivity index (χ3v) is 6.37. The molecule has 1 atom stereocenters. The molecule has 0 bridgehead atoms. The van der Waals surface area contributed by atoms with Gasteiger partial charge in [-0.05, 0) is 0 Å². The molecule has 0 aromatic carbocycles. The molecule has 0 fully saturated rings. The predicted octanol–water partition coefficient (Wildman–Crippen LogP) is 4.52. The minimum atomic E-state index is -4.84. The van der Waals surface area contributed by atoms with Gasteiger partial charge in [-0.25, -0.2) is 0 Å². The van der Waals surface area contributed by atoms with E-state index in [-0.39, 0.29) is 0 Å². The monoisotopic (exact) mass is 486 g/mol. The fourth-order valence-corrected chi connectivity index (χ4v) is 3.88. The SMILES string of the molecule is CCCCCCCC/C=C\CCCCCCC[C](=O)[Na].O=C(O)CC(C(=O)O)S(=O)(=O)O. The van der Waals surface area contributed by atoms with Gasteiger partial charge in [0.25, 0.3) is 10.1 Å². The summed E-state index contributed by atoms with van der Waals surface area (Å²) in [6, 6.07) is 0. The van der Waals surface area contributed by atoms with Gasteiger partial charge in [0.1, 0.15) is 0 Å². The second kappa shape index (κ2) is 22.1. The zero-order valence-electron chi connectivity index (χ0n) is 19.6. The number of hydrogen-bond acceptors (Lipinski definition) is 5. The van der Waals surface area contributed by atoms with Crippen molar-refractivity contribution in [2.24, 2.45) is 0 Å². The topological polar surface area (TPSA) is 146 Å². The summed E-state index contributed by atoms with van der Waals surface area (Å²) in [5.74, 6) is -3.50. The predicted molar refractivity (Wildman–Crippen MR) is 125 cm³/mol. The van der Waals surface area contributed by atoms with E-state index in [4.69, 9.17) is 14.8 Å². The molecule has 0 amide bonds. The van der Waals surface area contributed by atoms with Gasteiger partial charge in [-0.3, -0.25) is 14.1 Å². The van der Waals surface area contributed by atoms with E-state index in [0.717, 1.165) is 40.8 Å². The molecule has 0 saturated heterocycles. The van der Waals surface area contributed by atoms with Crippen LogP contribution in [0.2, 0.25) is 0 Å². The summed E-state index contributed by atoms with van der Waals surface area (Å²) in [6.07, 6.45) is 21.6. The average molecular weight is 487 g/mol. The van der Waals surface area contributed by atoms with Crippen LogP contribution < -0.4 is 0 Å². The maximum Gasteiger partial charge on any atom is 0.325 e. The molecular weight excluding hydrogens is 447 g/mol. The zero-order valence-corrected chi connectivity index (χ0v) is 22.4. The Morgan fingerprint density at radius 2 is 1.25 bits per heavy atom. The van der Waals surface area contributed by atoms with Crippen molar-refractivity contribution in [2.45, 2.75) is 108 Å². The minimum Gasteiger partial charge on any atom is -0.481 e. The fourth-order valence-electron chi connectivity index (χ4n) is 2.92. The zero-order chi connectivity index (χ0) is 24.8. The Hall–Kier alpha value is -0.740. The van der Waals surface area contributed by atoms with Gasteiger partial charge in [0.05, 0.1) is 6.42 Å². The number of unbranched alkanes of at least 4 members (excludes halogenated alkanes) is 11. The largest absolute Gasteiger partial charge is 0.481 e. The van der Waals surface area contributed by atoms with Crippen molar-refractivity contribution >= 4 is 53.0 Å². The van der Waals surface area contributed by atoms with Crippen LogP contribution in [0.3, 0.4) is 0 Å². The summed E-state index contributed by atoms with van der Waals surface area (Å²) < 4.78 is 29.1. The van der Waals surface area contributed by atoms with E-state index in [1.165, 1.54) is 77.0 Å². The Labute approximate surface area is 210 Å². The molecule has 10 heteroatoms. The number of rotatable bonds is 19. The van der Waals surface area contributed by atoms with Gasteiger partial charge in [0.15, 0.2) is 5.25 Å². The van der Waals surface area contributed by atoms with Crippen LogP contribution in [0.4, 0.5) is 0 Å². The molecule has 0 aliphatic rings. The first-order chi connectivity index (χ1) is 15.0. The van der Waals surface area contributed by atoms with Crippen molar-refractivity contribution in [1.29, 1.82) is 0 Å². The number of carboxylic acid groups (broad SMARTS) is 2. The third-order valence-electron chi connectivity index (χ3n) is 4.79. The summed E-state index contributed by atoms with van der Waals surface area (Å²) in [7, 11) is -4.84. The molecule has 3 N–H and O–H groups in total. The summed E-state index contributed by atoms with van der Waals surface area (Å²) in [5, 5.41) is 13.9. The van der Waals surface area contributed by atoms with E-state index < -0.39 is 33.7 Å². The van der Waals surface area contributed by atoms with Gasteiger partial charge in [-0.15, -0.1) is 0 Å². The van der Waals surface area contributed by atoms with Crippen LogP contribution in [0.25, 0.3) is 0 Å². The number of carbonyl (C=O) groups excluding carboxylic acids is 1. The van der Waals surface area contributed by atoms with Crippen LogP contribution in [-0.2, 0) is 24.5 Å². The summed E-state index contributed by atoms with van der Waals surface area (Å²) in [6.45, 7) is 2.27. The molecule has 32 heavy (non-hydrogen) atoms. The number of aliphatic carboxylic acids is 2. The molecule has 0 saturated carbocycles. The molecule has 0 aliphatic heterocycles. The van der Waals surface area contributed by atoms with Crippen molar-refractivity contribution < 1.29 is 37.6 Å². The molecule has 0 spiro atoms. The van der Waals surface area contributed by atoms with E-state index >= 15 is 0 Å². The summed E-state index contributed by atoms with van der Waals surface area (Å²) in [5.41, 5.74) is 0. The van der Waals surface area contributed by atoms with Crippen LogP contribution in [0, 0.1) is 0 Å². The van der Waals surface area contributed by atoms with Gasteiger partial charge in [0, 0.05) is 0 Å². The average Bonchev–Trinajstić information content (AvgIpc) is 2.68. The number of carboxylic acids is 2. The second-order valence-corrected chi connectivity index (χ2v) is 10.7. The van der Waals surface area contributed by atoms with Crippen LogP contribution in [0.1, 0.15) is 103 Å². The van der Waals surface area contributed by atoms with Gasteiger partial charge in [0.2, 0.25) is 0 Å². The standard InChI is InChI=1S/C18H33O.C4H6O7S.Na/c1-2-3-4-5-6-7-8-9-10-11-12-13-14-15-16-17-18-19;5-3(6)1-2(4(7)8)12(9,10)11;/h9-10H,2-8,11-17H2,1H3;2H,1H2,(H,5,6)(H,7,8)(H,9,10,11);/b10-9-;;. The molecule has 0 aliphatic carbocycles. The number of carbonyl (C=O) groups is 3. The first kappa shape index (κ1) is 33.4. The van der Waals surface area contributed by atoms with Gasteiger partial charge >= 0.3 is 118 Å². The summed E-state index contributed by atoms with van der Waals surface area (Å²) >= 11 is 0.742. The molecule has 182 valence electrons. The first-order valence-electron chi connectivity index (χ1n) is 11.6. The maximum absolute atomic E-state index is 10.8. The Balaban J connectivity index is 0.